The summed E-state index contributed by atoms with van der Waals surface area (Å²) in [6, 6.07) is 7.45. The van der Waals surface area contributed by atoms with Crippen molar-refractivity contribution in [3.63, 3.8) is 0 Å². The van der Waals surface area contributed by atoms with E-state index in [2.05, 4.69) is 15.0 Å². The molecule has 3 rings (SSSR count). The monoisotopic (exact) mass is 219 g/mol. The van der Waals surface area contributed by atoms with Gasteiger partial charge in [0.05, 0.1) is 18.1 Å². The number of aromatic amines is 2. The van der Waals surface area contributed by atoms with Crippen molar-refractivity contribution in [2.45, 2.75) is 0 Å². The van der Waals surface area contributed by atoms with Gasteiger partial charge in [-0.3, -0.25) is 4.98 Å². The van der Waals surface area contributed by atoms with Gasteiger partial charge in [-0.2, -0.15) is 0 Å². The van der Waals surface area contributed by atoms with Gasteiger partial charge in [0, 0.05) is 8.24 Å². The van der Waals surface area contributed by atoms with E-state index < -0.39 is 0 Å². The summed E-state index contributed by atoms with van der Waals surface area (Å²) in [4.78, 5) is 20.7. The van der Waals surface area contributed by atoms with Crippen LogP contribution in [0.2, 0.25) is 0 Å². The van der Waals surface area contributed by atoms with Crippen molar-refractivity contribution in [1.82, 2.24) is 15.0 Å². The van der Waals surface area contributed by atoms with Crippen LogP contribution in [0.4, 0.5) is 0 Å². The predicted octanol–water partition coefficient (Wildman–Crippen LogP) is 1.90. The molecular formula is C11H13N3O2. The fraction of sp³-hybridized carbons (Fsp3) is 0.0909. The Morgan fingerprint density at radius 1 is 1.31 bits per heavy atom. The normalized spacial score (nSPS) is 11.1. The van der Waals surface area contributed by atoms with E-state index in [-0.39, 0.29) is 8.54 Å². The summed E-state index contributed by atoms with van der Waals surface area (Å²) in [5, 5.41) is 0.933. The second-order valence-corrected chi connectivity index (χ2v) is 3.52. The Morgan fingerprint density at radius 3 is 3.00 bits per heavy atom. The number of nitrogens with one attached hydrogen (secondary N) is 2. The van der Waals surface area contributed by atoms with E-state index in [1.165, 1.54) is 0 Å². The first-order chi connectivity index (χ1) is 7.76. The van der Waals surface area contributed by atoms with Gasteiger partial charge in [0.25, 0.3) is 0 Å². The first kappa shape index (κ1) is 8.96. The van der Waals surface area contributed by atoms with Crippen LogP contribution in [-0.4, -0.2) is 22.1 Å². The number of pyridine rings is 1. The molecule has 0 fully saturated rings. The Balaban J connectivity index is 0.000000810. The van der Waals surface area contributed by atoms with E-state index in [0.717, 1.165) is 16.7 Å². The van der Waals surface area contributed by atoms with Gasteiger partial charge in [-0.05, 0) is 24.3 Å². The Kier molecular flexibility index (Phi) is 1.73. The van der Waals surface area contributed by atoms with Crippen LogP contribution in [0, 0.1) is 0 Å². The van der Waals surface area contributed by atoms with Crippen LogP contribution in [0.25, 0.3) is 22.1 Å². The van der Waals surface area contributed by atoms with Gasteiger partial charge >= 0.3 is 5.69 Å². The number of rotatable bonds is 1. The molecule has 0 aliphatic carbocycles. The molecule has 16 heavy (non-hydrogen) atoms. The molecule has 2 aromatic heterocycles. The standard InChI is InChI=1S/C11H9N3O2.2H2/c1-16-7-2-3-8-6(4-7)5-9-10(12-8)14-11(15)13-9;;/h2-5H,1H3,(H2,12,13,14,15);2*1H. The molecule has 0 bridgehead atoms. The van der Waals surface area contributed by atoms with E-state index in [0.29, 0.717) is 11.2 Å². The van der Waals surface area contributed by atoms with Crippen molar-refractivity contribution in [2.75, 3.05) is 7.11 Å². The van der Waals surface area contributed by atoms with E-state index in [9.17, 15) is 4.79 Å². The van der Waals surface area contributed by atoms with Gasteiger partial charge in [0.1, 0.15) is 5.75 Å². The van der Waals surface area contributed by atoms with Gasteiger partial charge in [0.15, 0.2) is 5.65 Å². The highest BCUT2D eigenvalue weighted by Gasteiger charge is 2.03. The summed E-state index contributed by atoms with van der Waals surface area (Å²) in [5.74, 6) is 0.770. The molecule has 0 radical (unpaired) electrons. The summed E-state index contributed by atoms with van der Waals surface area (Å²) in [7, 11) is 1.62. The molecule has 0 saturated carbocycles. The second-order valence-electron chi connectivity index (χ2n) is 3.52. The molecular weight excluding hydrogens is 206 g/mol. The number of aromatic nitrogens is 3. The summed E-state index contributed by atoms with van der Waals surface area (Å²) >= 11 is 0. The van der Waals surface area contributed by atoms with E-state index in [1.807, 2.05) is 24.3 Å². The Hall–Kier alpha value is -2.30. The number of nitrogens with zero attached hydrogens (tertiary/aromatic N) is 1. The third-order valence-electron chi connectivity index (χ3n) is 2.50. The quantitative estimate of drug-likeness (QED) is 0.656. The molecule has 0 amide bonds. The molecule has 0 aliphatic rings. The number of hydrogen-bond donors (Lipinski definition) is 2. The zero-order chi connectivity index (χ0) is 11.1. The lowest BCUT2D eigenvalue weighted by Gasteiger charge is -2.01. The Labute approximate surface area is 93.1 Å². The lowest BCUT2D eigenvalue weighted by molar-refractivity contribution is 0.415. The van der Waals surface area contributed by atoms with Crippen LogP contribution in [0.5, 0.6) is 5.75 Å². The second kappa shape index (κ2) is 3.10. The van der Waals surface area contributed by atoms with Crippen molar-refractivity contribution < 1.29 is 7.59 Å². The predicted molar refractivity (Wildman–Crippen MR) is 65.0 cm³/mol. The number of ether oxygens (including phenoxy) is 1. The fourth-order valence-electron chi connectivity index (χ4n) is 1.73. The minimum Gasteiger partial charge on any atom is -0.497 e. The van der Waals surface area contributed by atoms with Crippen LogP contribution >= 0.6 is 0 Å². The maximum atomic E-state index is 11.1. The molecule has 0 atom stereocenters. The topological polar surface area (TPSA) is 70.8 Å². The Bertz CT molecular complexity index is 736. The summed E-state index contributed by atoms with van der Waals surface area (Å²) in [6.45, 7) is 0. The van der Waals surface area contributed by atoms with E-state index >= 15 is 0 Å². The van der Waals surface area contributed by atoms with Gasteiger partial charge in [-0.15, -0.1) is 0 Å². The summed E-state index contributed by atoms with van der Waals surface area (Å²) < 4.78 is 5.13. The molecule has 5 heteroatoms. The zero-order valence-corrected chi connectivity index (χ0v) is 8.57. The Morgan fingerprint density at radius 2 is 2.19 bits per heavy atom. The van der Waals surface area contributed by atoms with Crippen LogP contribution in [0.3, 0.4) is 0 Å². The maximum Gasteiger partial charge on any atom is 0.325 e. The van der Waals surface area contributed by atoms with Gasteiger partial charge in [0.2, 0.25) is 0 Å². The third kappa shape index (κ3) is 1.25. The molecule has 1 aromatic carbocycles. The van der Waals surface area contributed by atoms with Crippen molar-refractivity contribution in [2.24, 2.45) is 0 Å². The number of H-pyrrole nitrogens is 2. The zero-order valence-electron chi connectivity index (χ0n) is 8.57. The SMILES string of the molecule is COc1ccc2nc3[nH]c(=O)[nH]c3cc2c1.[HH].[HH]. The van der Waals surface area contributed by atoms with Crippen molar-refractivity contribution in [3.05, 3.63) is 34.7 Å². The van der Waals surface area contributed by atoms with E-state index in [1.54, 1.807) is 7.11 Å². The van der Waals surface area contributed by atoms with Crippen LogP contribution in [-0.2, 0) is 0 Å². The number of hydrogen-bond acceptors (Lipinski definition) is 3. The average Bonchev–Trinajstić information content (AvgIpc) is 2.64. The van der Waals surface area contributed by atoms with Gasteiger partial charge < -0.3 is 9.72 Å². The summed E-state index contributed by atoms with van der Waals surface area (Å²) in [5.41, 5.74) is 1.85. The smallest absolute Gasteiger partial charge is 0.325 e. The average molecular weight is 219 g/mol. The van der Waals surface area contributed by atoms with Gasteiger partial charge in [-0.25, -0.2) is 9.78 Å². The molecule has 3 aromatic rings. The minimum atomic E-state index is -0.246. The lowest BCUT2D eigenvalue weighted by Crippen LogP contribution is -1.99. The minimum absolute atomic E-state index is 0. The van der Waals surface area contributed by atoms with Crippen molar-refractivity contribution >= 4 is 22.1 Å². The number of methoxy groups -OCH3 is 1. The van der Waals surface area contributed by atoms with E-state index in [4.69, 9.17) is 4.74 Å². The molecule has 84 valence electrons. The number of fused-ring (bicyclic) bond motifs is 2. The van der Waals surface area contributed by atoms with Crippen LogP contribution < -0.4 is 10.4 Å². The van der Waals surface area contributed by atoms with Crippen molar-refractivity contribution in [1.29, 1.82) is 0 Å². The molecule has 0 spiro atoms. The first-order valence-corrected chi connectivity index (χ1v) is 4.83. The highest BCUT2D eigenvalue weighted by Crippen LogP contribution is 2.21. The van der Waals surface area contributed by atoms with Crippen molar-refractivity contribution in [3.8, 4) is 5.75 Å². The summed E-state index contributed by atoms with van der Waals surface area (Å²) in [6.07, 6.45) is 0. The molecule has 0 saturated heterocycles. The molecule has 2 N–H and O–H groups in total. The third-order valence-corrected chi connectivity index (χ3v) is 2.50. The number of benzene rings is 1. The lowest BCUT2D eigenvalue weighted by atomic mass is 10.2. The number of imidazole rings is 1. The molecule has 0 unspecified atom stereocenters. The molecule has 0 aliphatic heterocycles. The largest absolute Gasteiger partial charge is 0.497 e. The maximum absolute atomic E-state index is 11.1. The van der Waals surface area contributed by atoms with Crippen LogP contribution in [0.1, 0.15) is 2.85 Å². The van der Waals surface area contributed by atoms with Crippen LogP contribution in [0.15, 0.2) is 29.1 Å². The molecule has 2 heterocycles. The van der Waals surface area contributed by atoms with Gasteiger partial charge in [-0.1, -0.05) is 0 Å². The first-order valence-electron chi connectivity index (χ1n) is 4.83. The fourth-order valence-corrected chi connectivity index (χ4v) is 1.73. The highest BCUT2D eigenvalue weighted by molar-refractivity contribution is 5.89. The molecule has 5 nitrogen and oxygen atoms in total. The highest BCUT2D eigenvalue weighted by atomic mass is 16.5.